The largest absolute Gasteiger partial charge is 0.0625 e. The molecule has 0 unspecified atom stereocenters. The van der Waals surface area contributed by atoms with Crippen molar-refractivity contribution in [3.05, 3.63) is 34.4 Å². The van der Waals surface area contributed by atoms with Gasteiger partial charge in [-0.15, -0.1) is 0 Å². The Morgan fingerprint density at radius 1 is 0.923 bits per heavy atom. The van der Waals surface area contributed by atoms with Crippen molar-refractivity contribution in [3.63, 3.8) is 0 Å². The van der Waals surface area contributed by atoms with Crippen LogP contribution < -0.4 is 0 Å². The van der Waals surface area contributed by atoms with E-state index in [-0.39, 0.29) is 0 Å². The predicted octanol–water partition coefficient (Wildman–Crippen LogP) is 3.81. The van der Waals surface area contributed by atoms with E-state index in [1.807, 2.05) is 0 Å². The van der Waals surface area contributed by atoms with E-state index < -0.39 is 0 Å². The van der Waals surface area contributed by atoms with Crippen molar-refractivity contribution in [1.82, 2.24) is 0 Å². The van der Waals surface area contributed by atoms with Gasteiger partial charge in [0.1, 0.15) is 0 Å². The second-order valence-electron chi connectivity index (χ2n) is 4.46. The molecule has 0 aromatic heterocycles. The fourth-order valence-electron chi connectivity index (χ4n) is 1.68. The molecule has 1 aromatic rings. The molecule has 0 N–H and O–H groups in total. The lowest BCUT2D eigenvalue weighted by atomic mass is 9.95. The second-order valence-corrected chi connectivity index (χ2v) is 4.46. The van der Waals surface area contributed by atoms with Gasteiger partial charge in [0.2, 0.25) is 0 Å². The molecule has 1 aromatic carbocycles. The summed E-state index contributed by atoms with van der Waals surface area (Å²) in [7, 11) is 0. The average molecular weight is 176 g/mol. The highest BCUT2D eigenvalue weighted by Gasteiger charge is 2.03. The fourth-order valence-corrected chi connectivity index (χ4v) is 1.68. The molecule has 0 aliphatic rings. The van der Waals surface area contributed by atoms with Crippen LogP contribution >= 0.6 is 0 Å². The maximum Gasteiger partial charge on any atom is -0.0253 e. The normalized spacial score (nSPS) is 10.9. The van der Waals surface area contributed by atoms with E-state index in [2.05, 4.69) is 46.8 Å². The van der Waals surface area contributed by atoms with E-state index in [0.717, 1.165) is 5.92 Å². The van der Waals surface area contributed by atoms with Gasteiger partial charge in [-0.05, 0) is 55.4 Å². The van der Waals surface area contributed by atoms with Gasteiger partial charge in [0, 0.05) is 0 Å². The highest BCUT2D eigenvalue weighted by atomic mass is 14.1. The average Bonchev–Trinajstić information content (AvgIpc) is 1.99. The topological polar surface area (TPSA) is 0 Å². The van der Waals surface area contributed by atoms with E-state index >= 15 is 0 Å². The minimum atomic E-state index is 0.751. The lowest BCUT2D eigenvalue weighted by molar-refractivity contribution is 0.644. The zero-order valence-electron chi connectivity index (χ0n) is 9.44. The van der Waals surface area contributed by atoms with Crippen molar-refractivity contribution in [3.8, 4) is 0 Å². The maximum absolute atomic E-state index is 2.34. The minimum absolute atomic E-state index is 0.751. The van der Waals surface area contributed by atoms with Gasteiger partial charge >= 0.3 is 0 Å². The van der Waals surface area contributed by atoms with Crippen LogP contribution in [-0.4, -0.2) is 0 Å². The molecule has 0 aliphatic heterocycles. The van der Waals surface area contributed by atoms with Crippen LogP contribution in [0.5, 0.6) is 0 Å². The zero-order chi connectivity index (χ0) is 10.0. The highest BCUT2D eigenvalue weighted by Crippen LogP contribution is 2.18. The molecule has 13 heavy (non-hydrogen) atoms. The lowest BCUT2D eigenvalue weighted by Gasteiger charge is -2.11. The number of benzene rings is 1. The number of rotatable bonds is 2. The summed E-state index contributed by atoms with van der Waals surface area (Å²) in [5.41, 5.74) is 5.78. The Hall–Kier alpha value is -0.780. The van der Waals surface area contributed by atoms with Gasteiger partial charge in [-0.2, -0.15) is 0 Å². The molecule has 72 valence electrons. The van der Waals surface area contributed by atoms with Crippen LogP contribution in [0.1, 0.15) is 36.1 Å². The highest BCUT2D eigenvalue weighted by molar-refractivity contribution is 5.36. The zero-order valence-corrected chi connectivity index (χ0v) is 9.44. The standard InChI is InChI=1S/C13H20/c1-9(2)6-13-8-11(4)10(3)7-12(13)5/h7-9H,6H2,1-5H3. The lowest BCUT2D eigenvalue weighted by Crippen LogP contribution is -1.98. The molecule has 0 bridgehead atoms. The fraction of sp³-hybridized carbons (Fsp3) is 0.538. The first-order chi connectivity index (χ1) is 6.00. The number of hydrogen-bond acceptors (Lipinski definition) is 0. The van der Waals surface area contributed by atoms with Crippen LogP contribution in [0.25, 0.3) is 0 Å². The van der Waals surface area contributed by atoms with Crippen molar-refractivity contribution in [2.24, 2.45) is 5.92 Å². The first kappa shape index (κ1) is 10.3. The molecule has 0 atom stereocenters. The van der Waals surface area contributed by atoms with Crippen LogP contribution in [-0.2, 0) is 6.42 Å². The quantitative estimate of drug-likeness (QED) is 0.642. The van der Waals surface area contributed by atoms with Gasteiger partial charge in [-0.25, -0.2) is 0 Å². The third-order valence-electron chi connectivity index (χ3n) is 2.58. The summed E-state index contributed by atoms with van der Waals surface area (Å²) in [5, 5.41) is 0. The molecular formula is C13H20. The van der Waals surface area contributed by atoms with Gasteiger partial charge in [0.05, 0.1) is 0 Å². The van der Waals surface area contributed by atoms with E-state index in [1.165, 1.54) is 28.7 Å². The number of aryl methyl sites for hydroxylation is 3. The van der Waals surface area contributed by atoms with Crippen LogP contribution in [0.4, 0.5) is 0 Å². The molecular weight excluding hydrogens is 156 g/mol. The van der Waals surface area contributed by atoms with Crippen molar-refractivity contribution < 1.29 is 0 Å². The molecule has 0 spiro atoms. The van der Waals surface area contributed by atoms with E-state index in [0.29, 0.717) is 0 Å². The molecule has 0 heteroatoms. The predicted molar refractivity (Wildman–Crippen MR) is 59.2 cm³/mol. The molecule has 0 radical (unpaired) electrons. The first-order valence-electron chi connectivity index (χ1n) is 5.07. The van der Waals surface area contributed by atoms with Gasteiger partial charge in [0.25, 0.3) is 0 Å². The molecule has 0 saturated heterocycles. The van der Waals surface area contributed by atoms with Gasteiger partial charge < -0.3 is 0 Å². The van der Waals surface area contributed by atoms with Crippen molar-refractivity contribution >= 4 is 0 Å². The monoisotopic (exact) mass is 176 g/mol. The Balaban J connectivity index is 3.01. The van der Waals surface area contributed by atoms with Crippen molar-refractivity contribution in [1.29, 1.82) is 0 Å². The SMILES string of the molecule is Cc1cc(C)c(CC(C)C)cc1C. The minimum Gasteiger partial charge on any atom is -0.0625 e. The third kappa shape index (κ3) is 2.58. The van der Waals surface area contributed by atoms with Crippen molar-refractivity contribution in [2.45, 2.75) is 41.0 Å². The Bertz CT molecular complexity index is 295. The maximum atomic E-state index is 2.34. The Morgan fingerprint density at radius 2 is 1.46 bits per heavy atom. The van der Waals surface area contributed by atoms with E-state index in [9.17, 15) is 0 Å². The summed E-state index contributed by atoms with van der Waals surface area (Å²) in [6.07, 6.45) is 1.20. The number of hydrogen-bond donors (Lipinski definition) is 0. The van der Waals surface area contributed by atoms with Gasteiger partial charge in [-0.3, -0.25) is 0 Å². The van der Waals surface area contributed by atoms with Gasteiger partial charge in [0.15, 0.2) is 0 Å². The van der Waals surface area contributed by atoms with Gasteiger partial charge in [-0.1, -0.05) is 26.0 Å². The van der Waals surface area contributed by atoms with E-state index in [4.69, 9.17) is 0 Å². The molecule has 1 rings (SSSR count). The van der Waals surface area contributed by atoms with Crippen LogP contribution in [0.2, 0.25) is 0 Å². The van der Waals surface area contributed by atoms with Crippen LogP contribution in [0.15, 0.2) is 12.1 Å². The van der Waals surface area contributed by atoms with E-state index in [1.54, 1.807) is 0 Å². The third-order valence-corrected chi connectivity index (χ3v) is 2.58. The summed E-state index contributed by atoms with van der Waals surface area (Å²) in [4.78, 5) is 0. The Labute approximate surface area is 82.0 Å². The Kier molecular flexibility index (Phi) is 3.13. The summed E-state index contributed by atoms with van der Waals surface area (Å²) in [5.74, 6) is 0.751. The molecule has 0 heterocycles. The summed E-state index contributed by atoms with van der Waals surface area (Å²) in [6.45, 7) is 11.1. The van der Waals surface area contributed by atoms with Crippen LogP contribution in [0, 0.1) is 26.7 Å². The molecule has 0 fully saturated rings. The Morgan fingerprint density at radius 3 is 2.00 bits per heavy atom. The summed E-state index contributed by atoms with van der Waals surface area (Å²) in [6, 6.07) is 4.64. The second kappa shape index (κ2) is 3.95. The summed E-state index contributed by atoms with van der Waals surface area (Å²) >= 11 is 0. The molecule has 0 saturated carbocycles. The van der Waals surface area contributed by atoms with Crippen molar-refractivity contribution in [2.75, 3.05) is 0 Å². The van der Waals surface area contributed by atoms with Crippen LogP contribution in [0.3, 0.4) is 0 Å². The smallest absolute Gasteiger partial charge is 0.0253 e. The molecule has 0 amide bonds. The molecule has 0 nitrogen and oxygen atoms in total. The summed E-state index contributed by atoms with van der Waals surface area (Å²) < 4.78 is 0. The molecule has 0 aliphatic carbocycles. The first-order valence-corrected chi connectivity index (χ1v) is 5.07.